The summed E-state index contributed by atoms with van der Waals surface area (Å²) in [7, 11) is -0.226. The molecule has 53 heavy (non-hydrogen) atoms. The lowest BCUT2D eigenvalue weighted by molar-refractivity contribution is 0.164. The number of rotatable bonds is 15. The number of amidine groups is 1. The lowest BCUT2D eigenvalue weighted by Gasteiger charge is -2.37. The van der Waals surface area contributed by atoms with Gasteiger partial charge in [-0.15, -0.1) is 0 Å². The van der Waals surface area contributed by atoms with Crippen LogP contribution in [0.25, 0.3) is 5.57 Å². The van der Waals surface area contributed by atoms with Crippen molar-refractivity contribution < 1.29 is 18.6 Å². The Bertz CT molecular complexity index is 1810. The summed E-state index contributed by atoms with van der Waals surface area (Å²) in [6.45, 7) is 20.3. The van der Waals surface area contributed by atoms with E-state index < -0.39 is 8.32 Å². The minimum atomic E-state index is -1.99. The van der Waals surface area contributed by atoms with Gasteiger partial charge in [0.25, 0.3) is 0 Å². The molecule has 1 aliphatic heterocycles. The second kappa shape index (κ2) is 18.2. The molecule has 2 atom stereocenters. The van der Waals surface area contributed by atoms with E-state index in [0.717, 1.165) is 58.0 Å². The Balaban J connectivity index is 1.54. The van der Waals surface area contributed by atoms with Gasteiger partial charge < -0.3 is 23.5 Å². The molecular weight excluding hydrogens is 673 g/mol. The molecule has 4 aromatic rings. The molecule has 5 rings (SSSR count). The monoisotopic (exact) mass is 732 g/mol. The number of aliphatic imine (C=N–C) groups is 1. The normalized spacial score (nSPS) is 16.0. The van der Waals surface area contributed by atoms with E-state index >= 15 is 0 Å². The molecule has 0 radical (unpaired) electrons. The molecule has 282 valence electrons. The summed E-state index contributed by atoms with van der Waals surface area (Å²) in [5.74, 6) is 2.72. The smallest absolute Gasteiger partial charge is 0.192 e. The highest BCUT2D eigenvalue weighted by atomic mass is 28.4. The quantitative estimate of drug-likeness (QED) is 0.0692. The minimum Gasteiger partial charge on any atom is -0.485 e. The van der Waals surface area contributed by atoms with Crippen molar-refractivity contribution in [2.24, 2.45) is 10.9 Å². The van der Waals surface area contributed by atoms with E-state index in [0.29, 0.717) is 32.3 Å². The van der Waals surface area contributed by atoms with Crippen LogP contribution >= 0.6 is 0 Å². The van der Waals surface area contributed by atoms with Gasteiger partial charge in [0.2, 0.25) is 0 Å². The van der Waals surface area contributed by atoms with E-state index in [1.165, 1.54) is 5.57 Å². The van der Waals surface area contributed by atoms with Crippen LogP contribution in [-0.4, -0.2) is 44.9 Å². The number of benzene rings is 4. The van der Waals surface area contributed by atoms with Crippen molar-refractivity contribution in [1.82, 2.24) is 4.90 Å². The number of hydrogen-bond acceptors (Lipinski definition) is 5. The summed E-state index contributed by atoms with van der Waals surface area (Å²) < 4.78 is 25.4. The summed E-state index contributed by atoms with van der Waals surface area (Å²) in [6, 6.07) is 35.7. The predicted molar refractivity (Wildman–Crippen MR) is 222 cm³/mol. The molecule has 6 nitrogen and oxygen atoms in total. The predicted octanol–water partition coefficient (Wildman–Crippen LogP) is 11.3. The van der Waals surface area contributed by atoms with Gasteiger partial charge in [0.05, 0.1) is 19.3 Å². The van der Waals surface area contributed by atoms with Crippen LogP contribution in [0.1, 0.15) is 82.2 Å². The lowest BCUT2D eigenvalue weighted by Crippen LogP contribution is -2.41. The average molecular weight is 733 g/mol. The fraction of sp³-hybridized carbons (Fsp3) is 0.413. The van der Waals surface area contributed by atoms with Crippen LogP contribution in [0.5, 0.6) is 11.5 Å². The van der Waals surface area contributed by atoms with Crippen LogP contribution < -0.4 is 9.47 Å². The molecule has 0 saturated heterocycles. The Hall–Kier alpha value is -4.17. The van der Waals surface area contributed by atoms with Crippen molar-refractivity contribution in [2.45, 2.75) is 104 Å². The molecule has 0 unspecified atom stereocenters. The van der Waals surface area contributed by atoms with Crippen LogP contribution in [0, 0.1) is 5.92 Å². The number of methoxy groups -OCH3 is 1. The molecule has 0 amide bonds. The highest BCUT2D eigenvalue weighted by molar-refractivity contribution is 6.74. The molecule has 0 aliphatic carbocycles. The molecule has 0 N–H and O–H groups in total. The molecule has 0 spiro atoms. The van der Waals surface area contributed by atoms with Crippen molar-refractivity contribution in [3.8, 4) is 11.5 Å². The second-order valence-corrected chi connectivity index (χ2v) is 20.9. The molecule has 1 heterocycles. The largest absolute Gasteiger partial charge is 0.485 e. The van der Waals surface area contributed by atoms with E-state index in [-0.39, 0.29) is 17.1 Å². The third-order valence-corrected chi connectivity index (χ3v) is 15.2. The van der Waals surface area contributed by atoms with Gasteiger partial charge in [0.1, 0.15) is 19.0 Å². The minimum absolute atomic E-state index is 0.00521. The maximum atomic E-state index is 6.80. The van der Waals surface area contributed by atoms with Gasteiger partial charge in [-0.25, -0.2) is 0 Å². The molecule has 1 aliphatic rings. The highest BCUT2D eigenvalue weighted by Gasteiger charge is 2.37. The zero-order valence-electron chi connectivity index (χ0n) is 33.4. The summed E-state index contributed by atoms with van der Waals surface area (Å²) in [5.41, 5.74) is 6.83. The molecule has 0 aromatic heterocycles. The first-order valence-corrected chi connectivity index (χ1v) is 22.0. The summed E-state index contributed by atoms with van der Waals surface area (Å²) in [6.07, 6.45) is 4.23. The van der Waals surface area contributed by atoms with Crippen molar-refractivity contribution >= 4 is 19.7 Å². The standard InChI is InChI=1S/C46H60N2O4Si/c1-34(2)42(33-49-7)47-45(41-23-17-16-22-40(41)32-52-53(8,9)46(4,5)6)48-29-39(25-24-35(48)3)38-26-27-43(50-30-36-18-12-10-13-19-36)44(28-38)51-31-37-20-14-11-15-21-37/h10-23,26-29,34-35,42H,24-25,30-33H2,1-9H3/t35-,42+/m1/s1. The number of hydrogen-bond donors (Lipinski definition) is 0. The maximum absolute atomic E-state index is 6.80. The second-order valence-electron chi connectivity index (χ2n) is 16.1. The summed E-state index contributed by atoms with van der Waals surface area (Å²) in [5, 5.41) is 0.116. The van der Waals surface area contributed by atoms with Gasteiger partial charge in [-0.05, 0) is 83.8 Å². The highest BCUT2D eigenvalue weighted by Crippen LogP contribution is 2.39. The van der Waals surface area contributed by atoms with Crippen molar-refractivity contribution in [3.05, 3.63) is 137 Å². The first-order chi connectivity index (χ1) is 25.4. The summed E-state index contributed by atoms with van der Waals surface area (Å²) >= 11 is 0. The molecule has 0 fully saturated rings. The number of ether oxygens (including phenoxy) is 3. The fourth-order valence-corrected chi connectivity index (χ4v) is 7.03. The van der Waals surface area contributed by atoms with Crippen LogP contribution in [-0.2, 0) is 29.0 Å². The third-order valence-electron chi connectivity index (χ3n) is 10.7. The van der Waals surface area contributed by atoms with Crippen LogP contribution in [0.15, 0.2) is 114 Å². The SMILES string of the molecule is COC[C@H](N=C(c1ccccc1CO[Si](C)(C)C(C)(C)C)N1C=C(c2ccc(OCc3ccccc3)c(OCc3ccccc3)c2)CC[C@H]1C)C(C)C. The molecule has 7 heteroatoms. The maximum Gasteiger partial charge on any atom is 0.192 e. The van der Waals surface area contributed by atoms with E-state index in [9.17, 15) is 0 Å². The summed E-state index contributed by atoms with van der Waals surface area (Å²) in [4.78, 5) is 7.91. The van der Waals surface area contributed by atoms with Gasteiger partial charge in [-0.1, -0.05) is 126 Å². The zero-order chi connectivity index (χ0) is 38.0. The van der Waals surface area contributed by atoms with E-state index in [1.807, 2.05) is 36.4 Å². The Morgan fingerprint density at radius 2 is 1.42 bits per heavy atom. The molecular formula is C46H60N2O4Si. The topological polar surface area (TPSA) is 52.5 Å². The fourth-order valence-electron chi connectivity index (χ4n) is 6.08. The van der Waals surface area contributed by atoms with Gasteiger partial charge >= 0.3 is 0 Å². The van der Waals surface area contributed by atoms with Gasteiger partial charge in [-0.3, -0.25) is 4.99 Å². The van der Waals surface area contributed by atoms with Gasteiger partial charge in [0.15, 0.2) is 19.8 Å². The van der Waals surface area contributed by atoms with Crippen LogP contribution in [0.3, 0.4) is 0 Å². The van der Waals surface area contributed by atoms with Gasteiger partial charge in [-0.2, -0.15) is 0 Å². The Morgan fingerprint density at radius 1 is 0.811 bits per heavy atom. The van der Waals surface area contributed by atoms with Crippen molar-refractivity contribution in [3.63, 3.8) is 0 Å². The van der Waals surface area contributed by atoms with E-state index in [4.69, 9.17) is 23.6 Å². The third kappa shape index (κ3) is 10.7. The van der Waals surface area contributed by atoms with Crippen LogP contribution in [0.4, 0.5) is 0 Å². The first kappa shape index (κ1) is 40.0. The number of nitrogens with zero attached hydrogens (tertiary/aromatic N) is 2. The zero-order valence-corrected chi connectivity index (χ0v) is 34.4. The van der Waals surface area contributed by atoms with Crippen molar-refractivity contribution in [2.75, 3.05) is 13.7 Å². The first-order valence-electron chi connectivity index (χ1n) is 19.1. The van der Waals surface area contributed by atoms with Crippen LogP contribution in [0.2, 0.25) is 18.1 Å². The lowest BCUT2D eigenvalue weighted by atomic mass is 9.94. The van der Waals surface area contributed by atoms with Gasteiger partial charge in [0, 0.05) is 24.9 Å². The molecule has 4 aromatic carbocycles. The van der Waals surface area contributed by atoms with E-state index in [1.54, 1.807) is 7.11 Å². The molecule has 0 bridgehead atoms. The average Bonchev–Trinajstić information content (AvgIpc) is 3.15. The van der Waals surface area contributed by atoms with E-state index in [2.05, 4.69) is 132 Å². The Morgan fingerprint density at radius 3 is 2.02 bits per heavy atom. The number of allylic oxidation sites excluding steroid dienone is 1. The Kier molecular flexibility index (Phi) is 13.8. The molecule has 0 saturated carbocycles. The van der Waals surface area contributed by atoms with Crippen molar-refractivity contribution in [1.29, 1.82) is 0 Å². The Labute approximate surface area is 320 Å².